The van der Waals surface area contributed by atoms with Crippen LogP contribution >= 0.6 is 22.7 Å². The molecule has 3 aromatic rings. The smallest absolute Gasteiger partial charge is 0.252 e. The van der Waals surface area contributed by atoms with Crippen LogP contribution in [0.3, 0.4) is 0 Å². The van der Waals surface area contributed by atoms with Crippen molar-refractivity contribution in [1.29, 1.82) is 0 Å². The van der Waals surface area contributed by atoms with Crippen LogP contribution in [0, 0.1) is 5.82 Å². The fraction of sp³-hybridized carbons (Fsp3) is 0.118. The van der Waals surface area contributed by atoms with Crippen molar-refractivity contribution < 1.29 is 13.9 Å². The lowest BCUT2D eigenvalue weighted by Crippen LogP contribution is -2.28. The molecule has 2 heterocycles. The van der Waals surface area contributed by atoms with Crippen LogP contribution in [0.4, 0.5) is 4.39 Å². The third kappa shape index (κ3) is 3.43. The van der Waals surface area contributed by atoms with Crippen molar-refractivity contribution in [3.8, 4) is 5.75 Å². The fourth-order valence-corrected chi connectivity index (χ4v) is 3.72. The summed E-state index contributed by atoms with van der Waals surface area (Å²) in [4.78, 5) is 13.5. The Kier molecular flexibility index (Phi) is 4.73. The van der Waals surface area contributed by atoms with Crippen LogP contribution in [-0.4, -0.2) is 13.0 Å². The topological polar surface area (TPSA) is 38.3 Å². The van der Waals surface area contributed by atoms with Crippen LogP contribution in [0.1, 0.15) is 26.8 Å². The van der Waals surface area contributed by atoms with Gasteiger partial charge in [-0.2, -0.15) is 11.3 Å². The van der Waals surface area contributed by atoms with Crippen molar-refractivity contribution in [3.63, 3.8) is 0 Å². The summed E-state index contributed by atoms with van der Waals surface area (Å²) in [5.41, 5.74) is 1.28. The lowest BCUT2D eigenvalue weighted by molar-refractivity contribution is 0.0943. The van der Waals surface area contributed by atoms with Crippen LogP contribution in [-0.2, 0) is 0 Å². The number of amides is 1. The van der Waals surface area contributed by atoms with Crippen LogP contribution in [0.25, 0.3) is 0 Å². The zero-order valence-electron chi connectivity index (χ0n) is 12.3. The molecule has 1 aromatic carbocycles. The number of ether oxygens (including phenoxy) is 1. The summed E-state index contributed by atoms with van der Waals surface area (Å²) in [7, 11) is 1.39. The molecule has 1 amide bonds. The Morgan fingerprint density at radius 1 is 1.26 bits per heavy atom. The Morgan fingerprint density at radius 3 is 2.74 bits per heavy atom. The van der Waals surface area contributed by atoms with Gasteiger partial charge in [-0.3, -0.25) is 4.79 Å². The molecule has 0 unspecified atom stereocenters. The van der Waals surface area contributed by atoms with Gasteiger partial charge in [0.05, 0.1) is 13.2 Å². The van der Waals surface area contributed by atoms with Crippen LogP contribution in [0.15, 0.2) is 52.5 Å². The quantitative estimate of drug-likeness (QED) is 0.739. The SMILES string of the molecule is COc1ccc(C(=O)N[C@H](c2ccsc2)c2cccs2)cc1F. The summed E-state index contributed by atoms with van der Waals surface area (Å²) in [5.74, 6) is -0.756. The van der Waals surface area contributed by atoms with Crippen molar-refractivity contribution in [3.05, 3.63) is 74.4 Å². The molecule has 0 bridgehead atoms. The summed E-state index contributed by atoms with van der Waals surface area (Å²) in [6.45, 7) is 0. The number of hydrogen-bond donors (Lipinski definition) is 1. The summed E-state index contributed by atoms with van der Waals surface area (Å²) >= 11 is 3.14. The number of halogens is 1. The number of benzene rings is 1. The zero-order chi connectivity index (χ0) is 16.2. The molecule has 0 saturated carbocycles. The number of nitrogens with one attached hydrogen (secondary N) is 1. The van der Waals surface area contributed by atoms with E-state index < -0.39 is 5.82 Å². The molecule has 6 heteroatoms. The van der Waals surface area contributed by atoms with E-state index in [1.807, 2.05) is 34.3 Å². The predicted molar refractivity (Wildman–Crippen MR) is 90.9 cm³/mol. The Labute approximate surface area is 141 Å². The average molecular weight is 347 g/mol. The maximum absolute atomic E-state index is 13.8. The van der Waals surface area contributed by atoms with Gasteiger partial charge in [-0.15, -0.1) is 11.3 Å². The first-order chi connectivity index (χ1) is 11.2. The van der Waals surface area contributed by atoms with E-state index in [4.69, 9.17) is 4.74 Å². The van der Waals surface area contributed by atoms with E-state index >= 15 is 0 Å². The van der Waals surface area contributed by atoms with Gasteiger partial charge in [0.1, 0.15) is 0 Å². The first-order valence-electron chi connectivity index (χ1n) is 6.89. The van der Waals surface area contributed by atoms with Gasteiger partial charge < -0.3 is 10.1 Å². The van der Waals surface area contributed by atoms with E-state index in [2.05, 4.69) is 5.32 Å². The van der Waals surface area contributed by atoms with Crippen molar-refractivity contribution in [2.75, 3.05) is 7.11 Å². The minimum atomic E-state index is -0.552. The maximum Gasteiger partial charge on any atom is 0.252 e. The lowest BCUT2D eigenvalue weighted by Gasteiger charge is -2.17. The van der Waals surface area contributed by atoms with Crippen molar-refractivity contribution in [1.82, 2.24) is 5.32 Å². The monoisotopic (exact) mass is 347 g/mol. The van der Waals surface area contributed by atoms with Crippen LogP contribution in [0.2, 0.25) is 0 Å². The van der Waals surface area contributed by atoms with E-state index in [0.717, 1.165) is 10.4 Å². The minimum Gasteiger partial charge on any atom is -0.494 e. The number of methoxy groups -OCH3 is 1. The van der Waals surface area contributed by atoms with Gasteiger partial charge in [-0.05, 0) is 52.0 Å². The second-order valence-corrected chi connectivity index (χ2v) is 6.59. The van der Waals surface area contributed by atoms with E-state index in [1.54, 1.807) is 28.7 Å². The number of carbonyl (C=O) groups is 1. The van der Waals surface area contributed by atoms with Crippen molar-refractivity contribution >= 4 is 28.6 Å². The highest BCUT2D eigenvalue weighted by Gasteiger charge is 2.20. The summed E-state index contributed by atoms with van der Waals surface area (Å²) in [6, 6.07) is 9.85. The van der Waals surface area contributed by atoms with Crippen molar-refractivity contribution in [2.24, 2.45) is 0 Å². The lowest BCUT2D eigenvalue weighted by atomic mass is 10.1. The van der Waals surface area contributed by atoms with Crippen LogP contribution < -0.4 is 10.1 Å². The highest BCUT2D eigenvalue weighted by molar-refractivity contribution is 7.10. The van der Waals surface area contributed by atoms with E-state index in [-0.39, 0.29) is 23.3 Å². The third-order valence-corrected chi connectivity index (χ3v) is 5.03. The molecule has 3 nitrogen and oxygen atoms in total. The van der Waals surface area contributed by atoms with E-state index in [0.29, 0.717) is 0 Å². The number of carbonyl (C=O) groups excluding carboxylic acids is 1. The predicted octanol–water partition coefficient (Wildman–Crippen LogP) is 4.48. The number of hydrogen-bond acceptors (Lipinski definition) is 4. The van der Waals surface area contributed by atoms with Gasteiger partial charge in [-0.1, -0.05) is 6.07 Å². The van der Waals surface area contributed by atoms with E-state index in [9.17, 15) is 9.18 Å². The molecular weight excluding hydrogens is 333 g/mol. The fourth-order valence-electron chi connectivity index (χ4n) is 2.24. The third-order valence-electron chi connectivity index (χ3n) is 3.39. The molecule has 0 radical (unpaired) electrons. The minimum absolute atomic E-state index is 0.120. The van der Waals surface area contributed by atoms with Gasteiger partial charge in [-0.25, -0.2) is 4.39 Å². The molecule has 0 spiro atoms. The molecule has 0 aliphatic heterocycles. The molecule has 1 N–H and O–H groups in total. The summed E-state index contributed by atoms with van der Waals surface area (Å²) < 4.78 is 18.7. The molecular formula is C17H14FNO2S2. The molecule has 118 valence electrons. The molecule has 3 rings (SSSR count). The zero-order valence-corrected chi connectivity index (χ0v) is 13.9. The second-order valence-electron chi connectivity index (χ2n) is 4.83. The Morgan fingerprint density at radius 2 is 2.13 bits per heavy atom. The molecule has 0 fully saturated rings. The van der Waals surface area contributed by atoms with Gasteiger partial charge in [0.25, 0.3) is 5.91 Å². The first-order valence-corrected chi connectivity index (χ1v) is 8.71. The maximum atomic E-state index is 13.8. The Hall–Kier alpha value is -2.18. The largest absolute Gasteiger partial charge is 0.494 e. The summed E-state index contributed by atoms with van der Waals surface area (Å²) in [6.07, 6.45) is 0. The normalized spacial score (nSPS) is 11.9. The highest BCUT2D eigenvalue weighted by atomic mass is 32.1. The van der Waals surface area contributed by atoms with Gasteiger partial charge in [0.2, 0.25) is 0 Å². The Bertz CT molecular complexity index is 751. The molecule has 0 aliphatic rings. The first kappa shape index (κ1) is 15.7. The molecule has 23 heavy (non-hydrogen) atoms. The molecule has 0 saturated heterocycles. The van der Waals surface area contributed by atoms with E-state index in [1.165, 1.54) is 19.2 Å². The molecule has 1 atom stereocenters. The van der Waals surface area contributed by atoms with Gasteiger partial charge in [0, 0.05) is 10.4 Å². The molecule has 0 aliphatic carbocycles. The summed E-state index contributed by atoms with van der Waals surface area (Å²) in [5, 5.41) is 8.91. The highest BCUT2D eigenvalue weighted by Crippen LogP contribution is 2.28. The van der Waals surface area contributed by atoms with Crippen molar-refractivity contribution in [2.45, 2.75) is 6.04 Å². The second kappa shape index (κ2) is 6.93. The molecule has 2 aromatic heterocycles. The van der Waals surface area contributed by atoms with Gasteiger partial charge in [0.15, 0.2) is 11.6 Å². The standard InChI is InChI=1S/C17H14FNO2S2/c1-21-14-5-4-11(9-13(14)18)17(20)19-16(12-6-8-22-10-12)15-3-2-7-23-15/h2-10,16H,1H3,(H,19,20)/t16-/m1/s1. The average Bonchev–Trinajstić information content (AvgIpc) is 3.25. The van der Waals surface area contributed by atoms with Crippen LogP contribution in [0.5, 0.6) is 5.75 Å². The Balaban J connectivity index is 1.85. The number of thiophene rings is 2. The van der Waals surface area contributed by atoms with Gasteiger partial charge >= 0.3 is 0 Å². The number of rotatable bonds is 5.